The van der Waals surface area contributed by atoms with E-state index in [0.29, 0.717) is 5.02 Å². The lowest BCUT2D eigenvalue weighted by Crippen LogP contribution is -2.25. The van der Waals surface area contributed by atoms with Gasteiger partial charge in [0.25, 0.3) is 0 Å². The van der Waals surface area contributed by atoms with E-state index in [2.05, 4.69) is 0 Å². The molecule has 140 valence electrons. The molecular formula is C19H15ClFNO4S. The second kappa shape index (κ2) is 6.95. The van der Waals surface area contributed by atoms with Crippen LogP contribution in [0.4, 0.5) is 4.39 Å². The van der Waals surface area contributed by atoms with Gasteiger partial charge in [-0.2, -0.15) is 5.26 Å². The number of hydrogen-bond donors (Lipinski definition) is 0. The van der Waals surface area contributed by atoms with Crippen LogP contribution in [-0.2, 0) is 19.4 Å². The number of nitrogens with zero attached hydrogens (tertiary/aromatic N) is 1. The summed E-state index contributed by atoms with van der Waals surface area (Å²) in [5.41, 5.74) is -1.67. The molecule has 0 bridgehead atoms. The average molecular weight is 408 g/mol. The van der Waals surface area contributed by atoms with Crippen molar-refractivity contribution in [2.75, 3.05) is 6.61 Å². The predicted molar refractivity (Wildman–Crippen MR) is 96.2 cm³/mol. The van der Waals surface area contributed by atoms with Crippen molar-refractivity contribution in [2.45, 2.75) is 23.0 Å². The summed E-state index contributed by atoms with van der Waals surface area (Å²) in [6.45, 7) is 1.55. The third-order valence-corrected chi connectivity index (χ3v) is 7.11. The van der Waals surface area contributed by atoms with Crippen LogP contribution in [0.5, 0.6) is 0 Å². The fourth-order valence-electron chi connectivity index (χ4n) is 3.36. The second-order valence-corrected chi connectivity index (χ2v) is 8.66. The van der Waals surface area contributed by atoms with Gasteiger partial charge in [0, 0.05) is 10.9 Å². The smallest absolute Gasteiger partial charge is 0.328 e. The van der Waals surface area contributed by atoms with Crippen molar-refractivity contribution in [3.63, 3.8) is 0 Å². The van der Waals surface area contributed by atoms with E-state index in [1.807, 2.05) is 6.07 Å². The highest BCUT2D eigenvalue weighted by Gasteiger charge is 2.77. The Morgan fingerprint density at radius 2 is 1.96 bits per heavy atom. The Morgan fingerprint density at radius 3 is 2.52 bits per heavy atom. The third-order valence-electron chi connectivity index (χ3n) is 4.62. The van der Waals surface area contributed by atoms with E-state index in [1.165, 1.54) is 42.5 Å². The Morgan fingerprint density at radius 1 is 1.30 bits per heavy atom. The Kier molecular flexibility index (Phi) is 4.98. The molecule has 0 saturated heterocycles. The minimum absolute atomic E-state index is 0.00809. The minimum atomic E-state index is -4.08. The zero-order valence-corrected chi connectivity index (χ0v) is 15.8. The summed E-state index contributed by atoms with van der Waals surface area (Å²) in [5.74, 6) is -2.54. The van der Waals surface area contributed by atoms with Crippen LogP contribution in [0.15, 0.2) is 53.4 Å². The summed E-state index contributed by atoms with van der Waals surface area (Å²) < 4.78 is 45.0. The van der Waals surface area contributed by atoms with Crippen LogP contribution in [0.1, 0.15) is 18.4 Å². The Hall–Kier alpha value is -2.43. The SMILES string of the molecule is CCOC(=O)C1(C#N)C(c2cccc(F)c2)C1S(=O)(=O)c1ccc(Cl)cc1. The number of hydrogen-bond acceptors (Lipinski definition) is 5. The number of carbonyl (C=O) groups is 1. The molecule has 0 amide bonds. The molecule has 2 aromatic rings. The van der Waals surface area contributed by atoms with Crippen LogP contribution >= 0.6 is 11.6 Å². The first-order valence-electron chi connectivity index (χ1n) is 8.12. The van der Waals surface area contributed by atoms with Crippen molar-refractivity contribution in [1.29, 1.82) is 5.26 Å². The number of nitriles is 1. The molecule has 1 fully saturated rings. The number of halogens is 2. The Labute approximate surface area is 161 Å². The highest BCUT2D eigenvalue weighted by atomic mass is 35.5. The topological polar surface area (TPSA) is 84.2 Å². The largest absolute Gasteiger partial charge is 0.465 e. The van der Waals surface area contributed by atoms with E-state index in [1.54, 1.807) is 6.92 Å². The fourth-order valence-corrected chi connectivity index (χ4v) is 5.73. The fraction of sp³-hybridized carbons (Fsp3) is 0.263. The summed E-state index contributed by atoms with van der Waals surface area (Å²) >= 11 is 5.81. The molecule has 0 N–H and O–H groups in total. The second-order valence-electron chi connectivity index (χ2n) is 6.15. The van der Waals surface area contributed by atoms with Gasteiger partial charge in [-0.3, -0.25) is 4.79 Å². The maximum atomic E-state index is 13.7. The Balaban J connectivity index is 2.14. The van der Waals surface area contributed by atoms with Crippen molar-refractivity contribution in [3.8, 4) is 6.07 Å². The Bertz CT molecular complexity index is 1030. The highest BCUT2D eigenvalue weighted by Crippen LogP contribution is 2.64. The van der Waals surface area contributed by atoms with E-state index in [4.69, 9.17) is 16.3 Å². The lowest BCUT2D eigenvalue weighted by Gasteiger charge is -2.09. The van der Waals surface area contributed by atoms with E-state index < -0.39 is 38.2 Å². The molecule has 3 atom stereocenters. The molecular weight excluding hydrogens is 393 g/mol. The van der Waals surface area contributed by atoms with Crippen molar-refractivity contribution in [3.05, 3.63) is 64.9 Å². The summed E-state index contributed by atoms with van der Waals surface area (Å²) in [6, 6.07) is 12.5. The van der Waals surface area contributed by atoms with E-state index in [9.17, 15) is 22.9 Å². The lowest BCUT2D eigenvalue weighted by molar-refractivity contribution is -0.147. The molecule has 0 heterocycles. The summed E-state index contributed by atoms with van der Waals surface area (Å²) in [7, 11) is -4.08. The van der Waals surface area contributed by atoms with Crippen molar-refractivity contribution in [1.82, 2.24) is 0 Å². The maximum Gasteiger partial charge on any atom is 0.328 e. The molecule has 0 aromatic heterocycles. The van der Waals surface area contributed by atoms with Gasteiger partial charge in [-0.15, -0.1) is 0 Å². The molecule has 3 unspecified atom stereocenters. The summed E-state index contributed by atoms with van der Waals surface area (Å²) in [5, 5.41) is 8.72. The van der Waals surface area contributed by atoms with Crippen molar-refractivity contribution in [2.24, 2.45) is 5.41 Å². The average Bonchev–Trinajstić information content (AvgIpc) is 3.34. The first-order chi connectivity index (χ1) is 12.8. The van der Waals surface area contributed by atoms with Gasteiger partial charge in [-0.1, -0.05) is 23.7 Å². The number of rotatable bonds is 5. The maximum absolute atomic E-state index is 13.7. The third kappa shape index (κ3) is 3.09. The number of carbonyl (C=O) groups excluding carboxylic acids is 1. The molecule has 0 aliphatic heterocycles. The molecule has 3 rings (SSSR count). The summed E-state index contributed by atoms with van der Waals surface area (Å²) in [6.07, 6.45) is 0. The van der Waals surface area contributed by atoms with E-state index >= 15 is 0 Å². The van der Waals surface area contributed by atoms with Gasteiger partial charge < -0.3 is 4.74 Å². The number of esters is 1. The van der Waals surface area contributed by atoms with Crippen LogP contribution in [0.3, 0.4) is 0 Å². The monoisotopic (exact) mass is 407 g/mol. The molecule has 1 aliphatic rings. The van der Waals surface area contributed by atoms with Crippen molar-refractivity contribution < 1.29 is 22.3 Å². The van der Waals surface area contributed by atoms with Gasteiger partial charge in [0.1, 0.15) is 11.1 Å². The van der Waals surface area contributed by atoms with Gasteiger partial charge in [0.2, 0.25) is 0 Å². The number of sulfone groups is 1. The number of ether oxygens (including phenoxy) is 1. The quantitative estimate of drug-likeness (QED) is 0.708. The van der Waals surface area contributed by atoms with Crippen LogP contribution in [0.25, 0.3) is 0 Å². The normalized spacial score (nSPS) is 24.1. The molecule has 5 nitrogen and oxygen atoms in total. The van der Waals surface area contributed by atoms with Gasteiger partial charge in [-0.05, 0) is 48.9 Å². The first-order valence-corrected chi connectivity index (χ1v) is 10.0. The minimum Gasteiger partial charge on any atom is -0.465 e. The molecule has 2 aromatic carbocycles. The van der Waals surface area contributed by atoms with Gasteiger partial charge in [0.15, 0.2) is 15.3 Å². The first kappa shape index (κ1) is 19.3. The highest BCUT2D eigenvalue weighted by molar-refractivity contribution is 7.92. The zero-order chi connectivity index (χ0) is 19.8. The van der Waals surface area contributed by atoms with E-state index in [0.717, 1.165) is 6.07 Å². The summed E-state index contributed by atoms with van der Waals surface area (Å²) in [4.78, 5) is 12.5. The molecule has 8 heteroatoms. The molecule has 1 saturated carbocycles. The lowest BCUT2D eigenvalue weighted by atomic mass is 10.0. The van der Waals surface area contributed by atoms with Crippen LogP contribution < -0.4 is 0 Å². The van der Waals surface area contributed by atoms with Crippen LogP contribution in [0, 0.1) is 22.6 Å². The van der Waals surface area contributed by atoms with Crippen LogP contribution in [0.2, 0.25) is 5.02 Å². The molecule has 0 radical (unpaired) electrons. The zero-order valence-electron chi connectivity index (χ0n) is 14.2. The van der Waals surface area contributed by atoms with Gasteiger partial charge >= 0.3 is 5.97 Å². The standard InChI is InChI=1S/C19H15ClFNO4S/c1-2-26-18(23)19(11-22)16(12-4-3-5-14(21)10-12)17(19)27(24,25)15-8-6-13(20)7-9-15/h3-10,16-17H,2H2,1H3. The van der Waals surface area contributed by atoms with Gasteiger partial charge in [0.05, 0.1) is 17.6 Å². The van der Waals surface area contributed by atoms with Gasteiger partial charge in [-0.25, -0.2) is 12.8 Å². The molecule has 1 aliphatic carbocycles. The predicted octanol–water partition coefficient (Wildman–Crippen LogP) is 3.49. The van der Waals surface area contributed by atoms with E-state index in [-0.39, 0.29) is 17.1 Å². The number of benzene rings is 2. The van der Waals surface area contributed by atoms with Crippen molar-refractivity contribution >= 4 is 27.4 Å². The molecule has 27 heavy (non-hydrogen) atoms. The molecule has 0 spiro atoms. The van der Waals surface area contributed by atoms with Crippen LogP contribution in [-0.4, -0.2) is 26.2 Å².